The fraction of sp³-hybridized carbons (Fsp3) is 0.750. The van der Waals surface area contributed by atoms with Crippen molar-refractivity contribution in [2.45, 2.75) is 18.9 Å². The van der Waals surface area contributed by atoms with E-state index in [1.165, 1.54) is 0 Å². The molecule has 1 atom stereocenters. The van der Waals surface area contributed by atoms with Gasteiger partial charge in [-0.15, -0.1) is 0 Å². The van der Waals surface area contributed by atoms with Crippen LogP contribution in [0.3, 0.4) is 0 Å². The summed E-state index contributed by atoms with van der Waals surface area (Å²) < 4.78 is 5.39. The van der Waals surface area contributed by atoms with Gasteiger partial charge in [0.05, 0.1) is 25.9 Å². The summed E-state index contributed by atoms with van der Waals surface area (Å²) in [5, 5.41) is 9.49. The Morgan fingerprint density at radius 2 is 1.95 bits per heavy atom. The predicted octanol–water partition coefficient (Wildman–Crippen LogP) is -1.05. The second-order valence-corrected chi connectivity index (χ2v) is 5.20. The van der Waals surface area contributed by atoms with E-state index in [-0.39, 0.29) is 12.6 Å². The molecule has 2 fully saturated rings. The maximum Gasteiger partial charge on any atom is 0.243 e. The number of aliphatic hydroxyl groups excluding tert-OH is 1. The molecule has 1 aromatic heterocycles. The van der Waals surface area contributed by atoms with Crippen molar-refractivity contribution < 1.29 is 9.84 Å². The monoisotopic (exact) mass is 295 g/mol. The molecular weight excluding hydrogens is 274 g/mol. The number of morpholine rings is 1. The molecule has 0 aliphatic carbocycles. The number of aliphatic hydroxyl groups is 1. The topological polar surface area (TPSA) is 113 Å². The number of nitrogens with two attached hydrogens (primary N) is 1. The van der Waals surface area contributed by atoms with E-state index in [0.29, 0.717) is 37.6 Å². The lowest BCUT2D eigenvalue weighted by Gasteiger charge is -2.34. The Morgan fingerprint density at radius 3 is 2.67 bits per heavy atom. The fourth-order valence-corrected chi connectivity index (χ4v) is 2.67. The van der Waals surface area contributed by atoms with Crippen molar-refractivity contribution >= 4 is 17.8 Å². The van der Waals surface area contributed by atoms with Crippen LogP contribution in [0.4, 0.5) is 17.8 Å². The van der Waals surface area contributed by atoms with Crippen LogP contribution in [-0.2, 0) is 4.74 Å². The van der Waals surface area contributed by atoms with Gasteiger partial charge in [-0.2, -0.15) is 15.0 Å². The molecule has 2 saturated heterocycles. The van der Waals surface area contributed by atoms with Crippen molar-refractivity contribution in [2.75, 3.05) is 54.7 Å². The van der Waals surface area contributed by atoms with E-state index < -0.39 is 0 Å². The van der Waals surface area contributed by atoms with E-state index in [4.69, 9.17) is 10.6 Å². The summed E-state index contributed by atoms with van der Waals surface area (Å²) in [5.74, 6) is 6.97. The SMILES string of the molecule is NNc1nc(N2CCCC2)nc(N2CCOCC2CO)n1. The predicted molar refractivity (Wildman–Crippen MR) is 78.1 cm³/mol. The maximum atomic E-state index is 9.49. The number of nitrogens with zero attached hydrogens (tertiary/aromatic N) is 5. The lowest BCUT2D eigenvalue weighted by molar-refractivity contribution is 0.0718. The zero-order valence-corrected chi connectivity index (χ0v) is 11.9. The van der Waals surface area contributed by atoms with Crippen molar-refractivity contribution in [1.82, 2.24) is 15.0 Å². The lowest BCUT2D eigenvalue weighted by atomic mass is 10.2. The number of ether oxygens (including phenoxy) is 1. The van der Waals surface area contributed by atoms with E-state index in [1.54, 1.807) is 0 Å². The lowest BCUT2D eigenvalue weighted by Crippen LogP contribution is -2.48. The molecule has 0 radical (unpaired) electrons. The average molecular weight is 295 g/mol. The van der Waals surface area contributed by atoms with E-state index in [0.717, 1.165) is 25.9 Å². The van der Waals surface area contributed by atoms with Crippen molar-refractivity contribution in [3.63, 3.8) is 0 Å². The Bertz CT molecular complexity index is 481. The molecule has 1 aromatic rings. The molecule has 0 bridgehead atoms. The van der Waals surface area contributed by atoms with Gasteiger partial charge in [-0.25, -0.2) is 5.84 Å². The smallest absolute Gasteiger partial charge is 0.243 e. The number of nitrogens with one attached hydrogen (secondary N) is 1. The summed E-state index contributed by atoms with van der Waals surface area (Å²) in [6, 6.07) is -0.141. The normalized spacial score (nSPS) is 22.7. The first kappa shape index (κ1) is 14.2. The number of rotatable bonds is 4. The summed E-state index contributed by atoms with van der Waals surface area (Å²) in [5.41, 5.74) is 2.49. The Kier molecular flexibility index (Phi) is 4.32. The van der Waals surface area contributed by atoms with Crippen LogP contribution >= 0.6 is 0 Å². The van der Waals surface area contributed by atoms with Gasteiger partial charge in [0, 0.05) is 19.6 Å². The first-order valence-electron chi connectivity index (χ1n) is 7.24. The molecule has 3 heterocycles. The third-order valence-corrected chi connectivity index (χ3v) is 3.82. The van der Waals surface area contributed by atoms with Crippen molar-refractivity contribution in [3.05, 3.63) is 0 Å². The van der Waals surface area contributed by atoms with Crippen molar-refractivity contribution in [3.8, 4) is 0 Å². The van der Waals surface area contributed by atoms with Crippen LogP contribution in [0.2, 0.25) is 0 Å². The number of nitrogen functional groups attached to an aromatic ring is 1. The first-order valence-corrected chi connectivity index (χ1v) is 7.24. The quantitative estimate of drug-likeness (QED) is 0.473. The van der Waals surface area contributed by atoms with Crippen LogP contribution in [0.25, 0.3) is 0 Å². The highest BCUT2D eigenvalue weighted by atomic mass is 16.5. The van der Waals surface area contributed by atoms with Gasteiger partial charge in [-0.1, -0.05) is 0 Å². The van der Waals surface area contributed by atoms with E-state index in [1.807, 2.05) is 4.90 Å². The molecule has 0 aromatic carbocycles. The van der Waals surface area contributed by atoms with Gasteiger partial charge in [0.2, 0.25) is 17.8 Å². The minimum absolute atomic E-state index is 0.00385. The molecule has 2 aliphatic heterocycles. The van der Waals surface area contributed by atoms with Gasteiger partial charge in [0.25, 0.3) is 0 Å². The Balaban J connectivity index is 1.90. The average Bonchev–Trinajstić information content (AvgIpc) is 3.09. The van der Waals surface area contributed by atoms with Gasteiger partial charge < -0.3 is 19.6 Å². The molecule has 9 nitrogen and oxygen atoms in total. The highest BCUT2D eigenvalue weighted by Crippen LogP contribution is 2.22. The van der Waals surface area contributed by atoms with Crippen LogP contribution < -0.4 is 21.1 Å². The van der Waals surface area contributed by atoms with Crippen molar-refractivity contribution in [1.29, 1.82) is 0 Å². The first-order chi connectivity index (χ1) is 10.3. The van der Waals surface area contributed by atoms with Crippen LogP contribution in [0, 0.1) is 0 Å². The maximum absolute atomic E-state index is 9.49. The van der Waals surface area contributed by atoms with Crippen LogP contribution in [0.15, 0.2) is 0 Å². The van der Waals surface area contributed by atoms with Gasteiger partial charge in [0.15, 0.2) is 0 Å². The highest BCUT2D eigenvalue weighted by molar-refractivity contribution is 5.46. The van der Waals surface area contributed by atoms with Crippen LogP contribution in [0.5, 0.6) is 0 Å². The van der Waals surface area contributed by atoms with Crippen LogP contribution in [0.1, 0.15) is 12.8 Å². The summed E-state index contributed by atoms with van der Waals surface area (Å²) in [4.78, 5) is 17.3. The molecule has 0 amide bonds. The molecule has 0 spiro atoms. The molecule has 3 rings (SSSR count). The number of hydrogen-bond donors (Lipinski definition) is 3. The van der Waals surface area contributed by atoms with Gasteiger partial charge in [0.1, 0.15) is 0 Å². The third kappa shape index (κ3) is 2.99. The second-order valence-electron chi connectivity index (χ2n) is 5.20. The summed E-state index contributed by atoms with van der Waals surface area (Å²) >= 11 is 0. The molecule has 1 unspecified atom stereocenters. The number of aromatic nitrogens is 3. The Morgan fingerprint density at radius 1 is 1.19 bits per heavy atom. The highest BCUT2D eigenvalue weighted by Gasteiger charge is 2.26. The van der Waals surface area contributed by atoms with Crippen LogP contribution in [-0.4, -0.2) is 65.6 Å². The molecule has 4 N–H and O–H groups in total. The third-order valence-electron chi connectivity index (χ3n) is 3.82. The summed E-state index contributed by atoms with van der Waals surface area (Å²) in [6.07, 6.45) is 2.28. The fourth-order valence-electron chi connectivity index (χ4n) is 2.67. The molecule has 21 heavy (non-hydrogen) atoms. The van der Waals surface area contributed by atoms with E-state index in [2.05, 4.69) is 25.3 Å². The van der Waals surface area contributed by atoms with Gasteiger partial charge in [-0.05, 0) is 12.8 Å². The van der Waals surface area contributed by atoms with E-state index >= 15 is 0 Å². The minimum atomic E-state index is -0.141. The van der Waals surface area contributed by atoms with E-state index in [9.17, 15) is 5.11 Å². The summed E-state index contributed by atoms with van der Waals surface area (Å²) in [7, 11) is 0. The molecular formula is C12H21N7O2. The zero-order valence-electron chi connectivity index (χ0n) is 11.9. The summed E-state index contributed by atoms with van der Waals surface area (Å²) in [6.45, 7) is 3.58. The minimum Gasteiger partial charge on any atom is -0.394 e. The molecule has 2 aliphatic rings. The number of anilines is 3. The largest absolute Gasteiger partial charge is 0.394 e. The molecule has 0 saturated carbocycles. The van der Waals surface area contributed by atoms with Gasteiger partial charge >= 0.3 is 0 Å². The number of hydrazine groups is 1. The molecule has 116 valence electrons. The second kappa shape index (κ2) is 6.37. The zero-order chi connectivity index (χ0) is 14.7. The Hall–Kier alpha value is -1.71. The standard InChI is InChI=1S/C12H21N7O2/c13-17-10-14-11(18-3-1-2-4-18)16-12(15-10)19-5-6-21-8-9(19)7-20/h9,20H,1-8,13H2,(H,14,15,16,17). The number of hydrogen-bond acceptors (Lipinski definition) is 9. The van der Waals surface area contributed by atoms with Crippen molar-refractivity contribution in [2.24, 2.45) is 5.84 Å². The Labute approximate surface area is 123 Å². The molecule has 9 heteroatoms. The van der Waals surface area contributed by atoms with Gasteiger partial charge in [-0.3, -0.25) is 5.43 Å².